The molecule has 0 spiro atoms. The molecule has 0 bridgehead atoms. The number of hydrogen-bond acceptors (Lipinski definition) is 1. The van der Waals surface area contributed by atoms with E-state index in [2.05, 4.69) is 5.32 Å². The van der Waals surface area contributed by atoms with Crippen molar-refractivity contribution < 1.29 is 8.78 Å². The number of aryl methyl sites for hydroxylation is 1. The highest BCUT2D eigenvalue weighted by Crippen LogP contribution is 2.14. The van der Waals surface area contributed by atoms with E-state index in [4.69, 9.17) is 11.6 Å². The summed E-state index contributed by atoms with van der Waals surface area (Å²) < 4.78 is 26.4. The van der Waals surface area contributed by atoms with Gasteiger partial charge in [0.15, 0.2) is 0 Å². The molecule has 0 aliphatic rings. The van der Waals surface area contributed by atoms with Gasteiger partial charge in [0.2, 0.25) is 0 Å². The van der Waals surface area contributed by atoms with Gasteiger partial charge in [-0.05, 0) is 42.3 Å². The van der Waals surface area contributed by atoms with E-state index in [-0.39, 0.29) is 6.54 Å². The van der Waals surface area contributed by atoms with Crippen LogP contribution in [-0.4, -0.2) is 5.88 Å². The summed E-state index contributed by atoms with van der Waals surface area (Å²) >= 11 is 5.66. The minimum atomic E-state index is -0.435. The largest absolute Gasteiger partial charge is 0.381 e. The fourth-order valence-corrected chi connectivity index (χ4v) is 1.99. The topological polar surface area (TPSA) is 12.0 Å². The summed E-state index contributed by atoms with van der Waals surface area (Å²) in [6.07, 6.45) is 0.820. The number of rotatable bonds is 5. The summed E-state index contributed by atoms with van der Waals surface area (Å²) in [5.41, 5.74) is 2.32. The number of alkyl halides is 1. The van der Waals surface area contributed by atoms with Gasteiger partial charge in [0, 0.05) is 23.7 Å². The third-order valence-electron chi connectivity index (χ3n) is 2.83. The van der Waals surface area contributed by atoms with Crippen molar-refractivity contribution in [3.8, 4) is 0 Å². The van der Waals surface area contributed by atoms with Crippen molar-refractivity contribution in [2.75, 3.05) is 11.2 Å². The van der Waals surface area contributed by atoms with Crippen LogP contribution in [0.2, 0.25) is 0 Å². The molecule has 2 aromatic carbocycles. The predicted molar refractivity (Wildman–Crippen MR) is 74.6 cm³/mol. The number of hydrogen-bond donors (Lipinski definition) is 1. The molecule has 0 unspecified atom stereocenters. The van der Waals surface area contributed by atoms with E-state index in [1.54, 1.807) is 0 Å². The molecule has 0 fully saturated rings. The standard InChI is InChI=1S/C15H14ClF2N/c16-8-7-11-1-4-14(5-2-11)19-10-12-9-13(17)3-6-15(12)18/h1-6,9,19H,7-8,10H2. The van der Waals surface area contributed by atoms with E-state index >= 15 is 0 Å². The first-order valence-corrected chi connectivity index (χ1v) is 6.55. The highest BCUT2D eigenvalue weighted by Gasteiger charge is 2.03. The zero-order chi connectivity index (χ0) is 13.7. The van der Waals surface area contributed by atoms with E-state index < -0.39 is 11.6 Å². The van der Waals surface area contributed by atoms with Gasteiger partial charge in [0.1, 0.15) is 11.6 Å². The number of halogens is 3. The molecule has 0 saturated heterocycles. The molecular formula is C15H14ClF2N. The van der Waals surface area contributed by atoms with E-state index in [1.807, 2.05) is 24.3 Å². The Kier molecular flexibility index (Phi) is 4.74. The lowest BCUT2D eigenvalue weighted by atomic mass is 10.1. The van der Waals surface area contributed by atoms with Crippen molar-refractivity contribution in [1.82, 2.24) is 0 Å². The highest BCUT2D eigenvalue weighted by molar-refractivity contribution is 6.17. The minimum Gasteiger partial charge on any atom is -0.381 e. The molecule has 2 rings (SSSR count). The molecule has 2 aromatic rings. The molecule has 0 saturated carbocycles. The van der Waals surface area contributed by atoms with Crippen LogP contribution >= 0.6 is 11.6 Å². The van der Waals surface area contributed by atoms with Crippen LogP contribution in [0.1, 0.15) is 11.1 Å². The monoisotopic (exact) mass is 281 g/mol. The Labute approximate surface area is 116 Å². The Bertz CT molecular complexity index is 540. The Morgan fingerprint density at radius 1 is 1.00 bits per heavy atom. The third-order valence-corrected chi connectivity index (χ3v) is 3.02. The number of benzene rings is 2. The summed E-state index contributed by atoms with van der Waals surface area (Å²) in [6, 6.07) is 11.2. The van der Waals surface area contributed by atoms with Crippen LogP contribution < -0.4 is 5.32 Å². The van der Waals surface area contributed by atoms with Crippen molar-refractivity contribution >= 4 is 17.3 Å². The fraction of sp³-hybridized carbons (Fsp3) is 0.200. The van der Waals surface area contributed by atoms with Gasteiger partial charge in [-0.3, -0.25) is 0 Å². The molecule has 0 aromatic heterocycles. The normalized spacial score (nSPS) is 10.5. The first kappa shape index (κ1) is 13.8. The molecule has 19 heavy (non-hydrogen) atoms. The van der Waals surface area contributed by atoms with Crippen LogP contribution in [0.3, 0.4) is 0 Å². The lowest BCUT2D eigenvalue weighted by molar-refractivity contribution is 0.587. The fourth-order valence-electron chi connectivity index (χ4n) is 1.77. The van der Waals surface area contributed by atoms with E-state index in [0.29, 0.717) is 11.4 Å². The molecule has 0 atom stereocenters. The average molecular weight is 282 g/mol. The second-order valence-electron chi connectivity index (χ2n) is 4.23. The van der Waals surface area contributed by atoms with E-state index in [0.717, 1.165) is 29.8 Å². The SMILES string of the molecule is Fc1ccc(F)c(CNc2ccc(CCCl)cc2)c1. The van der Waals surface area contributed by atoms with Crippen LogP contribution in [-0.2, 0) is 13.0 Å². The molecule has 4 heteroatoms. The van der Waals surface area contributed by atoms with Crippen LogP contribution in [0.4, 0.5) is 14.5 Å². The maximum atomic E-state index is 13.4. The van der Waals surface area contributed by atoms with Gasteiger partial charge in [-0.15, -0.1) is 11.6 Å². The van der Waals surface area contributed by atoms with Crippen LogP contribution in [0.25, 0.3) is 0 Å². The number of nitrogens with one attached hydrogen (secondary N) is 1. The maximum absolute atomic E-state index is 13.4. The molecule has 0 aliphatic carbocycles. The molecule has 1 nitrogen and oxygen atoms in total. The first-order valence-electron chi connectivity index (χ1n) is 6.02. The summed E-state index contributed by atoms with van der Waals surface area (Å²) in [7, 11) is 0. The van der Waals surface area contributed by atoms with Gasteiger partial charge >= 0.3 is 0 Å². The summed E-state index contributed by atoms with van der Waals surface area (Å²) in [4.78, 5) is 0. The van der Waals surface area contributed by atoms with Gasteiger partial charge < -0.3 is 5.32 Å². The van der Waals surface area contributed by atoms with Gasteiger partial charge in [-0.25, -0.2) is 8.78 Å². The Morgan fingerprint density at radius 2 is 1.74 bits per heavy atom. The summed E-state index contributed by atoms with van der Waals surface area (Å²) in [5.74, 6) is -0.260. The van der Waals surface area contributed by atoms with E-state index in [9.17, 15) is 8.78 Å². The third kappa shape index (κ3) is 3.93. The Hall–Kier alpha value is -1.61. The molecular weight excluding hydrogens is 268 g/mol. The number of anilines is 1. The minimum absolute atomic E-state index is 0.248. The van der Waals surface area contributed by atoms with Gasteiger partial charge in [0.25, 0.3) is 0 Å². The Balaban J connectivity index is 2.00. The molecule has 100 valence electrons. The summed E-state index contributed by atoms with van der Waals surface area (Å²) in [6.45, 7) is 0.248. The van der Waals surface area contributed by atoms with Crippen LogP contribution in [0.15, 0.2) is 42.5 Å². The van der Waals surface area contributed by atoms with Crippen molar-refractivity contribution in [2.45, 2.75) is 13.0 Å². The highest BCUT2D eigenvalue weighted by atomic mass is 35.5. The van der Waals surface area contributed by atoms with Crippen molar-refractivity contribution in [2.24, 2.45) is 0 Å². The van der Waals surface area contributed by atoms with Crippen molar-refractivity contribution in [3.63, 3.8) is 0 Å². The van der Waals surface area contributed by atoms with Gasteiger partial charge in [-0.1, -0.05) is 12.1 Å². The Morgan fingerprint density at radius 3 is 2.42 bits per heavy atom. The maximum Gasteiger partial charge on any atom is 0.128 e. The molecule has 0 radical (unpaired) electrons. The van der Waals surface area contributed by atoms with E-state index in [1.165, 1.54) is 6.07 Å². The molecule has 1 N–H and O–H groups in total. The van der Waals surface area contributed by atoms with Gasteiger partial charge in [-0.2, -0.15) is 0 Å². The average Bonchev–Trinajstić information content (AvgIpc) is 2.42. The quantitative estimate of drug-likeness (QED) is 0.803. The van der Waals surface area contributed by atoms with Crippen molar-refractivity contribution in [3.05, 3.63) is 65.2 Å². The smallest absolute Gasteiger partial charge is 0.128 e. The first-order chi connectivity index (χ1) is 9.19. The molecule has 0 heterocycles. The van der Waals surface area contributed by atoms with Crippen molar-refractivity contribution in [1.29, 1.82) is 0 Å². The zero-order valence-corrected chi connectivity index (χ0v) is 11.1. The second-order valence-corrected chi connectivity index (χ2v) is 4.60. The predicted octanol–water partition coefficient (Wildman–Crippen LogP) is 4.36. The van der Waals surface area contributed by atoms with Crippen LogP contribution in [0.5, 0.6) is 0 Å². The van der Waals surface area contributed by atoms with Crippen LogP contribution in [0, 0.1) is 11.6 Å². The lowest BCUT2D eigenvalue weighted by Crippen LogP contribution is -2.02. The lowest BCUT2D eigenvalue weighted by Gasteiger charge is -2.08. The molecule has 0 amide bonds. The zero-order valence-electron chi connectivity index (χ0n) is 10.3. The molecule has 0 aliphatic heterocycles. The second kappa shape index (κ2) is 6.53. The summed E-state index contributed by atoms with van der Waals surface area (Å²) in [5, 5.41) is 3.06. The van der Waals surface area contributed by atoms with Gasteiger partial charge in [0.05, 0.1) is 0 Å².